The number of aromatic nitrogens is 3. The predicted octanol–water partition coefficient (Wildman–Crippen LogP) is 2.80. The van der Waals surface area contributed by atoms with Gasteiger partial charge in [-0.3, -0.25) is 9.36 Å². The minimum atomic E-state index is -0.0989. The van der Waals surface area contributed by atoms with Crippen LogP contribution in [0.15, 0.2) is 47.4 Å². The van der Waals surface area contributed by atoms with Crippen LogP contribution in [-0.2, 0) is 0 Å². The van der Waals surface area contributed by atoms with Crippen LogP contribution in [0.4, 0.5) is 0 Å². The number of nitrogens with zero attached hydrogens (tertiary/aromatic N) is 3. The van der Waals surface area contributed by atoms with Crippen LogP contribution in [0.3, 0.4) is 0 Å². The zero-order chi connectivity index (χ0) is 15.1. The number of pyridine rings is 1. The molecule has 0 radical (unpaired) electrons. The fourth-order valence-corrected chi connectivity index (χ4v) is 2.73. The lowest BCUT2D eigenvalue weighted by Crippen LogP contribution is -2.23. The van der Waals surface area contributed by atoms with Crippen molar-refractivity contribution in [3.8, 4) is 17.0 Å². The lowest BCUT2D eigenvalue weighted by atomic mass is 10.1. The Labute approximate surface area is 127 Å². The third kappa shape index (κ3) is 1.97. The van der Waals surface area contributed by atoms with Crippen molar-refractivity contribution in [2.24, 2.45) is 0 Å². The molecule has 3 aromatic rings. The Balaban J connectivity index is 2.07. The standard InChI is InChI=1S/C17H15N3O2/c1-22-14-7-3-2-5-12(14)15-17(21)20(11-8-9-11)16-13(19-15)6-4-10-18-16/h2-7,10-11H,8-9H2,1H3. The van der Waals surface area contributed by atoms with Gasteiger partial charge < -0.3 is 4.74 Å². The van der Waals surface area contributed by atoms with Crippen molar-refractivity contribution in [1.82, 2.24) is 14.5 Å². The molecule has 1 aliphatic carbocycles. The second-order valence-corrected chi connectivity index (χ2v) is 5.41. The molecular weight excluding hydrogens is 278 g/mol. The van der Waals surface area contributed by atoms with Gasteiger partial charge in [-0.2, -0.15) is 0 Å². The first-order valence-corrected chi connectivity index (χ1v) is 7.30. The van der Waals surface area contributed by atoms with Crippen molar-refractivity contribution < 1.29 is 4.74 Å². The smallest absolute Gasteiger partial charge is 0.279 e. The summed E-state index contributed by atoms with van der Waals surface area (Å²) in [6, 6.07) is 11.4. The van der Waals surface area contributed by atoms with Crippen molar-refractivity contribution in [1.29, 1.82) is 0 Å². The zero-order valence-corrected chi connectivity index (χ0v) is 12.2. The SMILES string of the molecule is COc1ccccc1-c1nc2cccnc2n(C2CC2)c1=O. The van der Waals surface area contributed by atoms with Gasteiger partial charge >= 0.3 is 0 Å². The van der Waals surface area contributed by atoms with E-state index in [0.717, 1.165) is 23.9 Å². The summed E-state index contributed by atoms with van der Waals surface area (Å²) < 4.78 is 7.16. The molecule has 0 bridgehead atoms. The molecule has 5 heteroatoms. The van der Waals surface area contributed by atoms with Crippen LogP contribution in [0, 0.1) is 0 Å². The molecule has 1 fully saturated rings. The number of benzene rings is 1. The molecule has 0 saturated heterocycles. The Kier molecular flexibility index (Phi) is 2.92. The molecule has 0 amide bonds. The van der Waals surface area contributed by atoms with E-state index in [2.05, 4.69) is 9.97 Å². The average molecular weight is 293 g/mol. The first kappa shape index (κ1) is 13.0. The summed E-state index contributed by atoms with van der Waals surface area (Å²) in [5.74, 6) is 0.651. The summed E-state index contributed by atoms with van der Waals surface area (Å²) in [6.07, 6.45) is 3.73. The molecule has 1 aliphatic rings. The van der Waals surface area contributed by atoms with Crippen molar-refractivity contribution >= 4 is 11.2 Å². The van der Waals surface area contributed by atoms with E-state index in [1.54, 1.807) is 17.9 Å². The summed E-state index contributed by atoms with van der Waals surface area (Å²) in [6.45, 7) is 0. The van der Waals surface area contributed by atoms with E-state index in [4.69, 9.17) is 4.74 Å². The van der Waals surface area contributed by atoms with Gasteiger partial charge in [-0.15, -0.1) is 0 Å². The Bertz CT molecular complexity index is 913. The van der Waals surface area contributed by atoms with E-state index >= 15 is 0 Å². The molecule has 0 aliphatic heterocycles. The molecule has 0 spiro atoms. The topological polar surface area (TPSA) is 57.0 Å². The van der Waals surface area contributed by atoms with E-state index in [1.807, 2.05) is 36.4 Å². The molecule has 0 atom stereocenters. The van der Waals surface area contributed by atoms with Gasteiger partial charge in [-0.1, -0.05) is 12.1 Å². The minimum Gasteiger partial charge on any atom is -0.496 e. The van der Waals surface area contributed by atoms with Crippen molar-refractivity contribution in [2.75, 3.05) is 7.11 Å². The summed E-state index contributed by atoms with van der Waals surface area (Å²) >= 11 is 0. The Hall–Kier alpha value is -2.69. The maximum atomic E-state index is 12.9. The molecule has 22 heavy (non-hydrogen) atoms. The van der Waals surface area contributed by atoms with Gasteiger partial charge in [0.25, 0.3) is 5.56 Å². The summed E-state index contributed by atoms with van der Waals surface area (Å²) in [5, 5.41) is 0. The third-order valence-electron chi connectivity index (χ3n) is 3.92. The van der Waals surface area contributed by atoms with Gasteiger partial charge in [-0.25, -0.2) is 9.97 Å². The quantitative estimate of drug-likeness (QED) is 0.745. The predicted molar refractivity (Wildman–Crippen MR) is 84.1 cm³/mol. The summed E-state index contributed by atoms with van der Waals surface area (Å²) in [7, 11) is 1.60. The van der Waals surface area contributed by atoms with Crippen LogP contribution in [0.2, 0.25) is 0 Å². The lowest BCUT2D eigenvalue weighted by molar-refractivity contribution is 0.416. The minimum absolute atomic E-state index is 0.0989. The number of fused-ring (bicyclic) bond motifs is 1. The highest BCUT2D eigenvalue weighted by molar-refractivity contribution is 5.76. The van der Waals surface area contributed by atoms with Crippen molar-refractivity contribution in [3.05, 3.63) is 52.9 Å². The zero-order valence-electron chi connectivity index (χ0n) is 12.2. The molecule has 110 valence electrons. The van der Waals surface area contributed by atoms with Gasteiger partial charge in [0, 0.05) is 17.8 Å². The highest BCUT2D eigenvalue weighted by atomic mass is 16.5. The summed E-state index contributed by atoms with van der Waals surface area (Å²) in [4.78, 5) is 21.8. The maximum absolute atomic E-state index is 12.9. The molecule has 1 saturated carbocycles. The lowest BCUT2D eigenvalue weighted by Gasteiger charge is -2.12. The maximum Gasteiger partial charge on any atom is 0.279 e. The largest absolute Gasteiger partial charge is 0.496 e. The molecule has 0 unspecified atom stereocenters. The average Bonchev–Trinajstić information content (AvgIpc) is 3.39. The van der Waals surface area contributed by atoms with Crippen LogP contribution in [-0.4, -0.2) is 21.6 Å². The Morgan fingerprint density at radius 1 is 1.18 bits per heavy atom. The summed E-state index contributed by atoms with van der Waals surface area (Å²) in [5.41, 5.74) is 2.43. The van der Waals surface area contributed by atoms with E-state index in [9.17, 15) is 4.79 Å². The van der Waals surface area contributed by atoms with Crippen LogP contribution in [0.5, 0.6) is 5.75 Å². The number of methoxy groups -OCH3 is 1. The molecular formula is C17H15N3O2. The number of hydrogen-bond acceptors (Lipinski definition) is 4. The highest BCUT2D eigenvalue weighted by Crippen LogP contribution is 2.36. The second-order valence-electron chi connectivity index (χ2n) is 5.41. The molecule has 5 nitrogen and oxygen atoms in total. The third-order valence-corrected chi connectivity index (χ3v) is 3.92. The monoisotopic (exact) mass is 293 g/mol. The highest BCUT2D eigenvalue weighted by Gasteiger charge is 2.29. The number of ether oxygens (including phenoxy) is 1. The van der Waals surface area contributed by atoms with Gasteiger partial charge in [0.15, 0.2) is 5.65 Å². The molecule has 1 aromatic carbocycles. The normalized spacial score (nSPS) is 14.2. The van der Waals surface area contributed by atoms with E-state index in [0.29, 0.717) is 17.1 Å². The van der Waals surface area contributed by atoms with Crippen LogP contribution < -0.4 is 10.3 Å². The fourth-order valence-electron chi connectivity index (χ4n) is 2.73. The first-order valence-electron chi connectivity index (χ1n) is 7.30. The van der Waals surface area contributed by atoms with E-state index in [1.165, 1.54) is 0 Å². The molecule has 4 rings (SSSR count). The molecule has 0 N–H and O–H groups in total. The Morgan fingerprint density at radius 3 is 2.77 bits per heavy atom. The van der Waals surface area contributed by atoms with Crippen LogP contribution in [0.1, 0.15) is 18.9 Å². The number of hydrogen-bond donors (Lipinski definition) is 0. The van der Waals surface area contributed by atoms with Gasteiger partial charge in [0.2, 0.25) is 0 Å². The van der Waals surface area contributed by atoms with Crippen molar-refractivity contribution in [3.63, 3.8) is 0 Å². The van der Waals surface area contributed by atoms with Crippen LogP contribution in [0.25, 0.3) is 22.4 Å². The Morgan fingerprint density at radius 2 is 2.00 bits per heavy atom. The van der Waals surface area contributed by atoms with E-state index in [-0.39, 0.29) is 11.6 Å². The van der Waals surface area contributed by atoms with Gasteiger partial charge in [0.1, 0.15) is 17.0 Å². The number of rotatable bonds is 3. The van der Waals surface area contributed by atoms with Crippen molar-refractivity contribution in [2.45, 2.75) is 18.9 Å². The molecule has 2 aromatic heterocycles. The molecule has 2 heterocycles. The second kappa shape index (κ2) is 4.94. The number of para-hydroxylation sites is 1. The fraction of sp³-hybridized carbons (Fsp3) is 0.235. The first-order chi connectivity index (χ1) is 10.8. The van der Waals surface area contributed by atoms with Gasteiger partial charge in [0.05, 0.1) is 7.11 Å². The van der Waals surface area contributed by atoms with Crippen LogP contribution >= 0.6 is 0 Å². The van der Waals surface area contributed by atoms with E-state index < -0.39 is 0 Å². The van der Waals surface area contributed by atoms with Gasteiger partial charge in [-0.05, 0) is 37.1 Å².